The predicted octanol–water partition coefficient (Wildman–Crippen LogP) is 2.29. The zero-order valence-corrected chi connectivity index (χ0v) is 11.5. The summed E-state index contributed by atoms with van der Waals surface area (Å²) < 4.78 is 6.84. The van der Waals surface area contributed by atoms with Gasteiger partial charge in [0.25, 0.3) is 0 Å². The highest BCUT2D eigenvalue weighted by Crippen LogP contribution is 2.15. The zero-order valence-electron chi connectivity index (χ0n) is 11.5. The van der Waals surface area contributed by atoms with E-state index in [0.29, 0.717) is 24.5 Å². The number of carbonyl (C=O) groups is 1. The summed E-state index contributed by atoms with van der Waals surface area (Å²) in [6.07, 6.45) is 3.39. The molecule has 0 aliphatic heterocycles. The minimum absolute atomic E-state index is 0.333. The van der Waals surface area contributed by atoms with E-state index in [1.807, 2.05) is 25.3 Å². The highest BCUT2D eigenvalue weighted by Gasteiger charge is 2.16. The van der Waals surface area contributed by atoms with E-state index < -0.39 is 0 Å². The van der Waals surface area contributed by atoms with Crippen molar-refractivity contribution in [3.63, 3.8) is 0 Å². The molecular formula is C15H15N3O2. The molecule has 0 aliphatic rings. The molecule has 2 aromatic heterocycles. The molecular weight excluding hydrogens is 254 g/mol. The number of esters is 1. The van der Waals surface area contributed by atoms with E-state index in [9.17, 15) is 4.79 Å². The fourth-order valence-electron chi connectivity index (χ4n) is 2.04. The second kappa shape index (κ2) is 6.02. The van der Waals surface area contributed by atoms with Gasteiger partial charge in [-0.05, 0) is 31.5 Å². The third kappa shape index (κ3) is 2.69. The lowest BCUT2D eigenvalue weighted by atomic mass is 10.2. The number of aromatic nitrogens is 2. The van der Waals surface area contributed by atoms with E-state index in [1.54, 1.807) is 23.8 Å². The van der Waals surface area contributed by atoms with Crippen LogP contribution in [0.1, 0.15) is 34.2 Å². The molecule has 0 unspecified atom stereocenters. The average molecular weight is 269 g/mol. The number of ether oxygens (including phenoxy) is 1. The van der Waals surface area contributed by atoms with Gasteiger partial charge in [0.2, 0.25) is 0 Å². The lowest BCUT2D eigenvalue weighted by Crippen LogP contribution is -2.14. The van der Waals surface area contributed by atoms with Crippen molar-refractivity contribution in [1.82, 2.24) is 9.55 Å². The zero-order chi connectivity index (χ0) is 14.5. The smallest absolute Gasteiger partial charge is 0.355 e. The molecule has 0 aromatic carbocycles. The number of nitriles is 1. The summed E-state index contributed by atoms with van der Waals surface area (Å²) in [5, 5.41) is 9.05. The van der Waals surface area contributed by atoms with Gasteiger partial charge in [0, 0.05) is 18.0 Å². The molecule has 0 saturated heterocycles. The van der Waals surface area contributed by atoms with Crippen LogP contribution >= 0.6 is 0 Å². The lowest BCUT2D eigenvalue weighted by Gasteiger charge is -2.10. The summed E-state index contributed by atoms with van der Waals surface area (Å²) in [6, 6.07) is 7.52. The molecule has 5 heteroatoms. The van der Waals surface area contributed by atoms with Crippen LogP contribution in [-0.4, -0.2) is 22.1 Å². The summed E-state index contributed by atoms with van der Waals surface area (Å²) in [6.45, 7) is 4.38. The molecule has 2 aromatic rings. The minimum atomic E-state index is -0.350. The minimum Gasteiger partial charge on any atom is -0.461 e. The normalized spacial score (nSPS) is 10.1. The summed E-state index contributed by atoms with van der Waals surface area (Å²) >= 11 is 0. The van der Waals surface area contributed by atoms with E-state index in [4.69, 9.17) is 10.00 Å². The van der Waals surface area contributed by atoms with Crippen LogP contribution in [0.15, 0.2) is 30.6 Å². The van der Waals surface area contributed by atoms with Crippen molar-refractivity contribution in [1.29, 1.82) is 5.26 Å². The Morgan fingerprint density at radius 1 is 1.50 bits per heavy atom. The van der Waals surface area contributed by atoms with Crippen LogP contribution in [0.3, 0.4) is 0 Å². The summed E-state index contributed by atoms with van der Waals surface area (Å²) in [5.41, 5.74) is 2.51. The Morgan fingerprint density at radius 2 is 2.30 bits per heavy atom. The third-order valence-corrected chi connectivity index (χ3v) is 2.97. The Bertz CT molecular complexity index is 668. The maximum Gasteiger partial charge on any atom is 0.355 e. The molecule has 0 amide bonds. The van der Waals surface area contributed by atoms with Gasteiger partial charge in [-0.25, -0.2) is 9.78 Å². The number of rotatable bonds is 4. The number of aryl methyl sites for hydroxylation is 1. The van der Waals surface area contributed by atoms with Crippen molar-refractivity contribution in [3.05, 3.63) is 53.1 Å². The van der Waals surface area contributed by atoms with Crippen LogP contribution in [0.4, 0.5) is 0 Å². The molecule has 0 radical (unpaired) electrons. The van der Waals surface area contributed by atoms with Gasteiger partial charge >= 0.3 is 5.97 Å². The van der Waals surface area contributed by atoms with Crippen molar-refractivity contribution in [2.45, 2.75) is 20.4 Å². The molecule has 20 heavy (non-hydrogen) atoms. The average Bonchev–Trinajstić information content (AvgIpc) is 2.80. The van der Waals surface area contributed by atoms with E-state index in [1.165, 1.54) is 0 Å². The molecule has 0 saturated carbocycles. The van der Waals surface area contributed by atoms with Crippen LogP contribution < -0.4 is 0 Å². The van der Waals surface area contributed by atoms with Crippen molar-refractivity contribution in [3.8, 4) is 6.07 Å². The molecule has 0 bridgehead atoms. The number of pyridine rings is 1. The Morgan fingerprint density at radius 3 is 3.00 bits per heavy atom. The van der Waals surface area contributed by atoms with Gasteiger partial charge in [-0.1, -0.05) is 6.07 Å². The maximum absolute atomic E-state index is 12.0. The van der Waals surface area contributed by atoms with Crippen molar-refractivity contribution in [2.24, 2.45) is 0 Å². The molecule has 0 aliphatic carbocycles. The number of nitrogens with zero attached hydrogens (tertiary/aromatic N) is 3. The first-order chi connectivity index (χ1) is 9.67. The van der Waals surface area contributed by atoms with E-state index in [-0.39, 0.29) is 5.97 Å². The SMILES string of the molecule is CCOC(=O)c1c(C)ccn1Cc1cccnc1C#N. The third-order valence-electron chi connectivity index (χ3n) is 2.97. The lowest BCUT2D eigenvalue weighted by molar-refractivity contribution is 0.0513. The second-order valence-corrected chi connectivity index (χ2v) is 4.32. The van der Waals surface area contributed by atoms with E-state index in [2.05, 4.69) is 11.1 Å². The van der Waals surface area contributed by atoms with Crippen LogP contribution in [-0.2, 0) is 11.3 Å². The Balaban J connectivity index is 2.35. The largest absolute Gasteiger partial charge is 0.461 e. The topological polar surface area (TPSA) is 67.9 Å². The molecule has 0 spiro atoms. The number of hydrogen-bond acceptors (Lipinski definition) is 4. The van der Waals surface area contributed by atoms with E-state index >= 15 is 0 Å². The quantitative estimate of drug-likeness (QED) is 0.799. The van der Waals surface area contributed by atoms with Gasteiger partial charge in [0.1, 0.15) is 17.5 Å². The molecule has 5 nitrogen and oxygen atoms in total. The Hall–Kier alpha value is -2.61. The van der Waals surface area contributed by atoms with Crippen molar-refractivity contribution < 1.29 is 9.53 Å². The fraction of sp³-hybridized carbons (Fsp3) is 0.267. The predicted molar refractivity (Wildman–Crippen MR) is 73.2 cm³/mol. The Kier molecular flexibility index (Phi) is 4.16. The van der Waals surface area contributed by atoms with Crippen LogP contribution in [0.5, 0.6) is 0 Å². The van der Waals surface area contributed by atoms with Crippen LogP contribution in [0.2, 0.25) is 0 Å². The van der Waals surface area contributed by atoms with Gasteiger partial charge in [-0.3, -0.25) is 0 Å². The summed E-state index contributed by atoms with van der Waals surface area (Å²) in [5.74, 6) is -0.350. The molecule has 0 N–H and O–H groups in total. The summed E-state index contributed by atoms with van der Waals surface area (Å²) in [7, 11) is 0. The monoisotopic (exact) mass is 269 g/mol. The second-order valence-electron chi connectivity index (χ2n) is 4.32. The van der Waals surface area contributed by atoms with Crippen LogP contribution in [0, 0.1) is 18.3 Å². The highest BCUT2D eigenvalue weighted by molar-refractivity contribution is 5.89. The molecule has 102 valence electrons. The van der Waals surface area contributed by atoms with Gasteiger partial charge < -0.3 is 9.30 Å². The van der Waals surface area contributed by atoms with E-state index in [0.717, 1.165) is 11.1 Å². The Labute approximate surface area is 117 Å². The van der Waals surface area contributed by atoms with Gasteiger partial charge in [0.15, 0.2) is 0 Å². The van der Waals surface area contributed by atoms with Gasteiger partial charge in [-0.2, -0.15) is 5.26 Å². The molecule has 2 heterocycles. The van der Waals surface area contributed by atoms with Crippen molar-refractivity contribution in [2.75, 3.05) is 6.61 Å². The highest BCUT2D eigenvalue weighted by atomic mass is 16.5. The first-order valence-corrected chi connectivity index (χ1v) is 6.34. The standard InChI is InChI=1S/C15H15N3O2/c1-3-20-15(19)14-11(2)6-8-18(14)10-12-5-4-7-17-13(12)9-16/h4-8H,3,10H2,1-2H3. The molecule has 0 fully saturated rings. The number of hydrogen-bond donors (Lipinski definition) is 0. The number of carbonyl (C=O) groups excluding carboxylic acids is 1. The maximum atomic E-state index is 12.0. The molecule has 0 atom stereocenters. The fourth-order valence-corrected chi connectivity index (χ4v) is 2.04. The van der Waals surface area contributed by atoms with Crippen LogP contribution in [0.25, 0.3) is 0 Å². The first kappa shape index (κ1) is 13.8. The van der Waals surface area contributed by atoms with Gasteiger partial charge in [0.05, 0.1) is 13.2 Å². The van der Waals surface area contributed by atoms with Crippen molar-refractivity contribution >= 4 is 5.97 Å². The van der Waals surface area contributed by atoms with Gasteiger partial charge in [-0.15, -0.1) is 0 Å². The summed E-state index contributed by atoms with van der Waals surface area (Å²) in [4.78, 5) is 16.0. The molecule has 2 rings (SSSR count). The first-order valence-electron chi connectivity index (χ1n) is 6.34.